The fourth-order valence-electron chi connectivity index (χ4n) is 1.60. The highest BCUT2D eigenvalue weighted by Crippen LogP contribution is 2.31. The van der Waals surface area contributed by atoms with E-state index in [0.717, 1.165) is 6.54 Å². The minimum absolute atomic E-state index is 0.121. The highest BCUT2D eigenvalue weighted by Gasteiger charge is 2.19. The quantitative estimate of drug-likeness (QED) is 0.673. The van der Waals surface area contributed by atoms with Crippen LogP contribution in [0.5, 0.6) is 0 Å². The summed E-state index contributed by atoms with van der Waals surface area (Å²) >= 11 is 5.76. The third-order valence-corrected chi connectivity index (χ3v) is 2.73. The normalized spacial score (nSPS) is 10.6. The van der Waals surface area contributed by atoms with Gasteiger partial charge >= 0.3 is 0 Å². The number of nitrogens with one attached hydrogen (secondary N) is 1. The molecule has 0 bridgehead atoms. The fraction of sp³-hybridized carbons (Fsp3) is 0.250. The van der Waals surface area contributed by atoms with Crippen LogP contribution in [0.1, 0.15) is 12.6 Å². The lowest BCUT2D eigenvalue weighted by Gasteiger charge is -1.99. The van der Waals surface area contributed by atoms with E-state index in [-0.39, 0.29) is 11.6 Å². The summed E-state index contributed by atoms with van der Waals surface area (Å²) in [6.07, 6.45) is 1.48. The number of hydrogen-bond acceptors (Lipinski definition) is 5. The van der Waals surface area contributed by atoms with Crippen molar-refractivity contribution in [2.75, 3.05) is 6.54 Å². The number of benzene rings is 1. The molecule has 0 saturated heterocycles. The van der Waals surface area contributed by atoms with Crippen molar-refractivity contribution in [2.24, 2.45) is 0 Å². The van der Waals surface area contributed by atoms with Crippen molar-refractivity contribution in [3.63, 3.8) is 0 Å². The number of rotatable bonds is 5. The van der Waals surface area contributed by atoms with Crippen LogP contribution in [0.3, 0.4) is 0 Å². The lowest BCUT2D eigenvalue weighted by Crippen LogP contribution is -2.11. The van der Waals surface area contributed by atoms with Crippen LogP contribution in [-0.4, -0.2) is 16.5 Å². The lowest BCUT2D eigenvalue weighted by molar-refractivity contribution is -0.384. The monoisotopic (exact) mass is 281 g/mol. The third kappa shape index (κ3) is 3.10. The average Bonchev–Trinajstić information content (AvgIpc) is 2.84. The van der Waals surface area contributed by atoms with Gasteiger partial charge in [0.15, 0.2) is 0 Å². The van der Waals surface area contributed by atoms with E-state index in [0.29, 0.717) is 22.8 Å². The summed E-state index contributed by atoms with van der Waals surface area (Å²) in [5.41, 5.74) is 0.891. The molecular formula is C12H12ClN3O3. The molecule has 6 nitrogen and oxygen atoms in total. The Hall–Kier alpha value is -1.92. The molecule has 1 aromatic carbocycles. The maximum absolute atomic E-state index is 11.0. The summed E-state index contributed by atoms with van der Waals surface area (Å²) in [7, 11) is 0. The molecular weight excluding hydrogens is 270 g/mol. The molecule has 0 aliphatic carbocycles. The maximum atomic E-state index is 11.0. The van der Waals surface area contributed by atoms with Crippen LogP contribution in [0.15, 0.2) is 28.9 Å². The molecule has 0 atom stereocenters. The summed E-state index contributed by atoms with van der Waals surface area (Å²) in [4.78, 5) is 14.7. The first-order chi connectivity index (χ1) is 9.11. The summed E-state index contributed by atoms with van der Waals surface area (Å²) in [5, 5.41) is 14.4. The summed E-state index contributed by atoms with van der Waals surface area (Å²) in [5.74, 6) is 0.219. The third-order valence-electron chi connectivity index (χ3n) is 2.49. The number of halogens is 1. The highest BCUT2D eigenvalue weighted by molar-refractivity contribution is 6.30. The first-order valence-corrected chi connectivity index (χ1v) is 6.09. The van der Waals surface area contributed by atoms with E-state index in [2.05, 4.69) is 10.3 Å². The van der Waals surface area contributed by atoms with Gasteiger partial charge in [-0.3, -0.25) is 10.1 Å². The molecule has 0 saturated carbocycles. The number of hydrogen-bond donors (Lipinski definition) is 1. The van der Waals surface area contributed by atoms with Crippen molar-refractivity contribution in [1.29, 1.82) is 0 Å². The molecule has 1 aromatic heterocycles. The maximum Gasteiger partial charge on any atom is 0.283 e. The zero-order chi connectivity index (χ0) is 13.8. The molecule has 1 N–H and O–H groups in total. The topological polar surface area (TPSA) is 81.2 Å². The van der Waals surface area contributed by atoms with E-state index in [1.165, 1.54) is 18.4 Å². The predicted octanol–water partition coefficient (Wildman–Crippen LogP) is 3.01. The van der Waals surface area contributed by atoms with Gasteiger partial charge in [0.05, 0.1) is 10.6 Å². The SMILES string of the molecule is CCNCc1coc(-c2ccc(Cl)cc2[N+](=O)[O-])n1. The Morgan fingerprint density at radius 2 is 2.32 bits per heavy atom. The summed E-state index contributed by atoms with van der Waals surface area (Å²) < 4.78 is 5.28. The largest absolute Gasteiger partial charge is 0.444 e. The van der Waals surface area contributed by atoms with Crippen LogP contribution in [0, 0.1) is 10.1 Å². The first-order valence-electron chi connectivity index (χ1n) is 5.71. The van der Waals surface area contributed by atoms with Gasteiger partial charge in [0.1, 0.15) is 11.8 Å². The Labute approximate surface area is 114 Å². The van der Waals surface area contributed by atoms with Gasteiger partial charge in [-0.05, 0) is 18.7 Å². The van der Waals surface area contributed by atoms with E-state index >= 15 is 0 Å². The van der Waals surface area contributed by atoms with Crippen molar-refractivity contribution >= 4 is 17.3 Å². The lowest BCUT2D eigenvalue weighted by atomic mass is 10.2. The number of nitrogens with zero attached hydrogens (tertiary/aromatic N) is 2. The van der Waals surface area contributed by atoms with Crippen molar-refractivity contribution in [3.8, 4) is 11.5 Å². The molecule has 1 heterocycles. The molecule has 0 amide bonds. The van der Waals surface area contributed by atoms with Gasteiger partial charge in [0.25, 0.3) is 5.69 Å². The van der Waals surface area contributed by atoms with Gasteiger partial charge in [0, 0.05) is 17.6 Å². The van der Waals surface area contributed by atoms with Gasteiger partial charge in [0.2, 0.25) is 5.89 Å². The highest BCUT2D eigenvalue weighted by atomic mass is 35.5. The van der Waals surface area contributed by atoms with E-state index < -0.39 is 4.92 Å². The zero-order valence-corrected chi connectivity index (χ0v) is 11.0. The Bertz CT molecular complexity index is 598. The van der Waals surface area contributed by atoms with E-state index in [9.17, 15) is 10.1 Å². The van der Waals surface area contributed by atoms with Gasteiger partial charge in [-0.25, -0.2) is 4.98 Å². The number of aromatic nitrogens is 1. The van der Waals surface area contributed by atoms with Gasteiger partial charge in [-0.2, -0.15) is 0 Å². The molecule has 2 rings (SSSR count). The van der Waals surface area contributed by atoms with Crippen LogP contribution in [0.2, 0.25) is 5.02 Å². The van der Waals surface area contributed by atoms with Gasteiger partial charge in [-0.15, -0.1) is 0 Å². The number of nitro benzene ring substituents is 1. The molecule has 0 unspecified atom stereocenters. The molecule has 2 aromatic rings. The van der Waals surface area contributed by atoms with Crippen molar-refractivity contribution in [1.82, 2.24) is 10.3 Å². The second kappa shape index (κ2) is 5.81. The van der Waals surface area contributed by atoms with Gasteiger partial charge in [-0.1, -0.05) is 18.5 Å². The summed E-state index contributed by atoms with van der Waals surface area (Å²) in [6, 6.07) is 4.38. The van der Waals surface area contributed by atoms with E-state index in [4.69, 9.17) is 16.0 Å². The molecule has 0 aliphatic rings. The number of oxazole rings is 1. The zero-order valence-electron chi connectivity index (χ0n) is 10.2. The van der Waals surface area contributed by atoms with Crippen LogP contribution in [-0.2, 0) is 6.54 Å². The average molecular weight is 282 g/mol. The van der Waals surface area contributed by atoms with Crippen LogP contribution in [0.4, 0.5) is 5.69 Å². The second-order valence-electron chi connectivity index (χ2n) is 3.84. The second-order valence-corrected chi connectivity index (χ2v) is 4.28. The minimum atomic E-state index is -0.505. The molecule has 0 radical (unpaired) electrons. The Morgan fingerprint density at radius 3 is 3.00 bits per heavy atom. The van der Waals surface area contributed by atoms with Crippen LogP contribution in [0.25, 0.3) is 11.5 Å². The van der Waals surface area contributed by atoms with Crippen molar-refractivity contribution < 1.29 is 9.34 Å². The predicted molar refractivity (Wildman–Crippen MR) is 71.0 cm³/mol. The number of nitro groups is 1. The van der Waals surface area contributed by atoms with E-state index in [1.807, 2.05) is 6.92 Å². The molecule has 100 valence electrons. The minimum Gasteiger partial charge on any atom is -0.444 e. The molecule has 19 heavy (non-hydrogen) atoms. The standard InChI is InChI=1S/C12H12ClN3O3/c1-2-14-6-9-7-19-12(15-9)10-4-3-8(13)5-11(10)16(17)18/h3-5,7,14H,2,6H2,1H3. The van der Waals surface area contributed by atoms with Crippen molar-refractivity contribution in [3.05, 3.63) is 45.3 Å². The van der Waals surface area contributed by atoms with Crippen molar-refractivity contribution in [2.45, 2.75) is 13.5 Å². The first kappa shape index (κ1) is 13.5. The Kier molecular flexibility index (Phi) is 4.13. The molecule has 0 aliphatic heterocycles. The van der Waals surface area contributed by atoms with Crippen LogP contribution >= 0.6 is 11.6 Å². The fourth-order valence-corrected chi connectivity index (χ4v) is 1.77. The molecule has 0 fully saturated rings. The smallest absolute Gasteiger partial charge is 0.283 e. The summed E-state index contributed by atoms with van der Waals surface area (Å²) in [6.45, 7) is 3.34. The molecule has 7 heteroatoms. The Balaban J connectivity index is 2.36. The van der Waals surface area contributed by atoms with E-state index in [1.54, 1.807) is 6.07 Å². The van der Waals surface area contributed by atoms with Crippen LogP contribution < -0.4 is 5.32 Å². The van der Waals surface area contributed by atoms with Gasteiger partial charge < -0.3 is 9.73 Å². The Morgan fingerprint density at radius 1 is 1.53 bits per heavy atom. The molecule has 0 spiro atoms.